The maximum Gasteiger partial charge on any atom is 0.413 e. The van der Waals surface area contributed by atoms with Crippen LogP contribution in [0.3, 0.4) is 0 Å². The van der Waals surface area contributed by atoms with Crippen LogP contribution in [0.5, 0.6) is 0 Å². The number of nitrogens with one attached hydrogen (secondary N) is 2. The first-order valence-corrected chi connectivity index (χ1v) is 12.7. The number of carbonyl (C=O) groups excluding carboxylic acids is 3. The van der Waals surface area contributed by atoms with Gasteiger partial charge in [0.1, 0.15) is 5.00 Å². The summed E-state index contributed by atoms with van der Waals surface area (Å²) in [5.41, 5.74) is 1.35. The van der Waals surface area contributed by atoms with E-state index < -0.39 is 27.9 Å². The molecule has 1 aliphatic rings. The Bertz CT molecular complexity index is 1170. The van der Waals surface area contributed by atoms with Crippen molar-refractivity contribution in [2.24, 2.45) is 0 Å². The second-order valence-electron chi connectivity index (χ2n) is 7.95. The minimum Gasteiger partial charge on any atom is -0.453 e. The number of anilines is 1. The zero-order chi connectivity index (χ0) is 24.3. The molecule has 3 rings (SSSR count). The number of thiophene rings is 1. The number of sulfonamides is 1. The SMILES string of the molecule is COC(=O)NC(=O)c1c(NC(=O)c2ccc(S(=O)(=O)N(C)C(C)C)cc2)sc2c1CCCC2. The van der Waals surface area contributed by atoms with Gasteiger partial charge in [-0.2, -0.15) is 4.31 Å². The molecule has 178 valence electrons. The van der Waals surface area contributed by atoms with E-state index in [9.17, 15) is 22.8 Å². The number of methoxy groups -OCH3 is 1. The van der Waals surface area contributed by atoms with E-state index in [1.807, 2.05) is 0 Å². The van der Waals surface area contributed by atoms with Crippen LogP contribution >= 0.6 is 11.3 Å². The molecule has 1 aromatic carbocycles. The zero-order valence-electron chi connectivity index (χ0n) is 18.9. The second-order valence-corrected chi connectivity index (χ2v) is 11.1. The molecule has 0 fully saturated rings. The van der Waals surface area contributed by atoms with Gasteiger partial charge in [-0.15, -0.1) is 11.3 Å². The molecular weight excluding hydrogens is 466 g/mol. The molecule has 0 aliphatic heterocycles. The molecule has 1 aromatic heterocycles. The van der Waals surface area contributed by atoms with Crippen molar-refractivity contribution in [3.63, 3.8) is 0 Å². The highest BCUT2D eigenvalue weighted by Gasteiger charge is 2.28. The fourth-order valence-electron chi connectivity index (χ4n) is 3.50. The number of ether oxygens (including phenoxy) is 1. The summed E-state index contributed by atoms with van der Waals surface area (Å²) in [4.78, 5) is 38.3. The first-order chi connectivity index (χ1) is 15.6. The molecule has 0 saturated carbocycles. The fourth-order valence-corrected chi connectivity index (χ4v) is 6.15. The Kier molecular flexibility index (Phi) is 7.55. The lowest BCUT2D eigenvalue weighted by Crippen LogP contribution is -2.33. The summed E-state index contributed by atoms with van der Waals surface area (Å²) >= 11 is 1.32. The molecule has 0 spiro atoms. The first-order valence-electron chi connectivity index (χ1n) is 10.5. The maximum atomic E-state index is 12.9. The van der Waals surface area contributed by atoms with Gasteiger partial charge < -0.3 is 10.1 Å². The number of nitrogens with zero attached hydrogens (tertiary/aromatic N) is 1. The van der Waals surface area contributed by atoms with Crippen molar-refractivity contribution in [1.29, 1.82) is 0 Å². The van der Waals surface area contributed by atoms with E-state index in [4.69, 9.17) is 0 Å². The van der Waals surface area contributed by atoms with Gasteiger partial charge in [0, 0.05) is 23.5 Å². The van der Waals surface area contributed by atoms with E-state index in [0.29, 0.717) is 11.4 Å². The summed E-state index contributed by atoms with van der Waals surface area (Å²) in [6.07, 6.45) is 2.50. The standard InChI is InChI=1S/C22H27N3O6S2/c1-13(2)25(3)33(29,30)15-11-9-14(10-12-15)19(26)23-21-18(20(27)24-22(28)31-4)16-7-5-6-8-17(16)32-21/h9-13H,5-8H2,1-4H3,(H,23,26)(H,24,27,28). The highest BCUT2D eigenvalue weighted by Crippen LogP contribution is 2.38. The van der Waals surface area contributed by atoms with E-state index in [-0.39, 0.29) is 22.1 Å². The van der Waals surface area contributed by atoms with E-state index in [2.05, 4.69) is 15.4 Å². The number of benzene rings is 1. The average Bonchev–Trinajstić information content (AvgIpc) is 3.16. The minimum atomic E-state index is -3.67. The van der Waals surface area contributed by atoms with Gasteiger partial charge in [-0.3, -0.25) is 14.9 Å². The van der Waals surface area contributed by atoms with Crippen LogP contribution in [0.4, 0.5) is 9.80 Å². The number of carbonyl (C=O) groups is 3. The molecule has 1 aliphatic carbocycles. The van der Waals surface area contributed by atoms with Gasteiger partial charge in [-0.25, -0.2) is 13.2 Å². The van der Waals surface area contributed by atoms with Crippen LogP contribution in [-0.2, 0) is 27.6 Å². The Morgan fingerprint density at radius 1 is 1.06 bits per heavy atom. The van der Waals surface area contributed by atoms with Crippen molar-refractivity contribution in [3.8, 4) is 0 Å². The van der Waals surface area contributed by atoms with E-state index in [0.717, 1.165) is 36.8 Å². The number of imide groups is 1. The smallest absolute Gasteiger partial charge is 0.413 e. The molecule has 0 saturated heterocycles. The van der Waals surface area contributed by atoms with Crippen LogP contribution in [0.15, 0.2) is 29.2 Å². The van der Waals surface area contributed by atoms with Crippen LogP contribution < -0.4 is 10.6 Å². The highest BCUT2D eigenvalue weighted by molar-refractivity contribution is 7.89. The Hall–Kier alpha value is -2.76. The van der Waals surface area contributed by atoms with E-state index in [1.54, 1.807) is 13.8 Å². The monoisotopic (exact) mass is 493 g/mol. The Morgan fingerprint density at radius 2 is 1.70 bits per heavy atom. The quantitative estimate of drug-likeness (QED) is 0.636. The number of hydrogen-bond acceptors (Lipinski definition) is 7. The largest absolute Gasteiger partial charge is 0.453 e. The van der Waals surface area contributed by atoms with Gasteiger partial charge in [-0.1, -0.05) is 0 Å². The fraction of sp³-hybridized carbons (Fsp3) is 0.409. The van der Waals surface area contributed by atoms with Crippen molar-refractivity contribution in [2.75, 3.05) is 19.5 Å². The lowest BCUT2D eigenvalue weighted by atomic mass is 9.95. The number of hydrogen-bond donors (Lipinski definition) is 2. The van der Waals surface area contributed by atoms with Crippen molar-refractivity contribution in [1.82, 2.24) is 9.62 Å². The zero-order valence-corrected chi connectivity index (χ0v) is 20.6. The lowest BCUT2D eigenvalue weighted by molar-refractivity contribution is 0.0937. The van der Waals surface area contributed by atoms with Crippen LogP contribution in [0.1, 0.15) is 57.8 Å². The normalized spacial score (nSPS) is 13.5. The molecular formula is C22H27N3O6S2. The molecule has 33 heavy (non-hydrogen) atoms. The molecule has 0 atom stereocenters. The molecule has 2 N–H and O–H groups in total. The van der Waals surface area contributed by atoms with Crippen LogP contribution in [-0.4, -0.2) is 50.8 Å². The second kappa shape index (κ2) is 10.0. The van der Waals surface area contributed by atoms with Crippen LogP contribution in [0, 0.1) is 0 Å². The van der Waals surface area contributed by atoms with Gasteiger partial charge in [0.15, 0.2) is 0 Å². The summed E-state index contributed by atoms with van der Waals surface area (Å²) < 4.78 is 31.0. The minimum absolute atomic E-state index is 0.0833. The Morgan fingerprint density at radius 3 is 2.30 bits per heavy atom. The summed E-state index contributed by atoms with van der Waals surface area (Å²) in [7, 11) is -1.00. The molecule has 1 heterocycles. The Balaban J connectivity index is 1.86. The van der Waals surface area contributed by atoms with E-state index >= 15 is 0 Å². The molecule has 2 aromatic rings. The molecule has 3 amide bonds. The lowest BCUT2D eigenvalue weighted by Gasteiger charge is -2.21. The number of fused-ring (bicyclic) bond motifs is 1. The van der Waals surface area contributed by atoms with Gasteiger partial charge in [0.25, 0.3) is 11.8 Å². The third-order valence-electron chi connectivity index (χ3n) is 5.55. The molecule has 9 nitrogen and oxygen atoms in total. The predicted octanol–water partition coefficient (Wildman–Crippen LogP) is 3.40. The van der Waals surface area contributed by atoms with Gasteiger partial charge in [0.05, 0.1) is 17.6 Å². The molecule has 0 unspecified atom stereocenters. The van der Waals surface area contributed by atoms with Gasteiger partial charge in [-0.05, 0) is 69.4 Å². The van der Waals surface area contributed by atoms with Crippen molar-refractivity contribution < 1.29 is 27.5 Å². The maximum absolute atomic E-state index is 12.9. The van der Waals surface area contributed by atoms with Crippen molar-refractivity contribution >= 4 is 44.3 Å². The summed E-state index contributed by atoms with van der Waals surface area (Å²) in [5, 5.41) is 5.28. The van der Waals surface area contributed by atoms with Crippen LogP contribution in [0.25, 0.3) is 0 Å². The van der Waals surface area contributed by atoms with Gasteiger partial charge >= 0.3 is 6.09 Å². The van der Waals surface area contributed by atoms with Crippen molar-refractivity contribution in [3.05, 3.63) is 45.8 Å². The van der Waals surface area contributed by atoms with Gasteiger partial charge in [0.2, 0.25) is 10.0 Å². The summed E-state index contributed by atoms with van der Waals surface area (Å²) in [5.74, 6) is -1.11. The van der Waals surface area contributed by atoms with E-state index in [1.165, 1.54) is 47.0 Å². The highest BCUT2D eigenvalue weighted by atomic mass is 32.2. The Labute approximate surface area is 197 Å². The van der Waals surface area contributed by atoms with Crippen LogP contribution in [0.2, 0.25) is 0 Å². The summed E-state index contributed by atoms with van der Waals surface area (Å²) in [6.45, 7) is 3.54. The number of amides is 3. The molecule has 11 heteroatoms. The van der Waals surface area contributed by atoms with Crippen molar-refractivity contribution in [2.45, 2.75) is 50.5 Å². The number of rotatable bonds is 6. The molecule has 0 bridgehead atoms. The predicted molar refractivity (Wildman–Crippen MR) is 125 cm³/mol. The molecule has 0 radical (unpaired) electrons. The average molecular weight is 494 g/mol. The topological polar surface area (TPSA) is 122 Å². The number of alkyl carbamates (subject to hydrolysis) is 1. The third-order valence-corrected chi connectivity index (χ3v) is 8.80. The third kappa shape index (κ3) is 5.26. The summed E-state index contributed by atoms with van der Waals surface area (Å²) in [6, 6.07) is 5.41. The first kappa shape index (κ1) is 24.9. The number of aryl methyl sites for hydroxylation is 1.